The maximum Gasteiger partial charge on any atom is 0.111 e. The normalized spacial score (nSPS) is 11.6. The van der Waals surface area contributed by atoms with Crippen LogP contribution in [0.15, 0.2) is 34.7 Å². The highest BCUT2D eigenvalue weighted by Gasteiger charge is 2.24. The summed E-state index contributed by atoms with van der Waals surface area (Å²) in [5, 5.41) is 3.40. The van der Waals surface area contributed by atoms with E-state index in [2.05, 4.69) is 25.2 Å². The molecule has 19 heavy (non-hydrogen) atoms. The summed E-state index contributed by atoms with van der Waals surface area (Å²) in [7, 11) is 0. The quantitative estimate of drug-likeness (QED) is 0.818. The second kappa shape index (κ2) is 5.00. The van der Waals surface area contributed by atoms with E-state index >= 15 is 0 Å². The van der Waals surface area contributed by atoms with Crippen LogP contribution < -0.4 is 11.1 Å². The number of nitrogens with one attached hydrogen (secondary N) is 1. The summed E-state index contributed by atoms with van der Waals surface area (Å²) in [6, 6.07) is 10.1. The third kappa shape index (κ3) is 3.11. The molecule has 3 N–H and O–H groups in total. The Morgan fingerprint density at radius 3 is 2.47 bits per heavy atom. The molecule has 102 valence electrons. The first-order valence-electron chi connectivity index (χ1n) is 6.55. The van der Waals surface area contributed by atoms with Crippen molar-refractivity contribution in [2.24, 2.45) is 0 Å². The smallest absolute Gasteiger partial charge is 0.111 e. The zero-order chi connectivity index (χ0) is 14.0. The SMILES string of the molecule is Cc1ccc(NCC(C)(C)c2ccc(C)o2)c(N)c1. The fraction of sp³-hybridized carbons (Fsp3) is 0.375. The number of nitrogen functional groups attached to an aromatic ring is 1. The number of hydrogen-bond acceptors (Lipinski definition) is 3. The molecule has 0 aliphatic rings. The first kappa shape index (κ1) is 13.5. The predicted molar refractivity (Wildman–Crippen MR) is 80.6 cm³/mol. The predicted octanol–water partition coefficient (Wildman–Crippen LogP) is 3.87. The zero-order valence-corrected chi connectivity index (χ0v) is 12.1. The molecule has 0 saturated heterocycles. The molecule has 2 rings (SSSR count). The molecule has 0 unspecified atom stereocenters. The van der Waals surface area contributed by atoms with Crippen LogP contribution in [0.3, 0.4) is 0 Å². The molecule has 0 bridgehead atoms. The van der Waals surface area contributed by atoms with Gasteiger partial charge in [-0.2, -0.15) is 0 Å². The molecule has 0 aliphatic carbocycles. The molecule has 0 fully saturated rings. The Balaban J connectivity index is 2.09. The minimum Gasteiger partial charge on any atom is -0.466 e. The summed E-state index contributed by atoms with van der Waals surface area (Å²) < 4.78 is 5.71. The van der Waals surface area contributed by atoms with E-state index in [1.807, 2.05) is 38.1 Å². The number of hydrogen-bond donors (Lipinski definition) is 2. The molecular formula is C16H22N2O. The van der Waals surface area contributed by atoms with Crippen molar-refractivity contribution in [3.05, 3.63) is 47.4 Å². The fourth-order valence-corrected chi connectivity index (χ4v) is 2.04. The molecule has 0 aliphatic heterocycles. The molecule has 3 heteroatoms. The van der Waals surface area contributed by atoms with Crippen molar-refractivity contribution < 1.29 is 4.42 Å². The number of nitrogens with two attached hydrogens (primary N) is 1. The number of benzene rings is 1. The van der Waals surface area contributed by atoms with Crippen molar-refractivity contribution in [2.45, 2.75) is 33.1 Å². The van der Waals surface area contributed by atoms with Crippen molar-refractivity contribution in [3.63, 3.8) is 0 Å². The van der Waals surface area contributed by atoms with Gasteiger partial charge in [-0.1, -0.05) is 19.9 Å². The summed E-state index contributed by atoms with van der Waals surface area (Å²) >= 11 is 0. The molecule has 0 amide bonds. The average Bonchev–Trinajstić information content (AvgIpc) is 2.75. The van der Waals surface area contributed by atoms with Gasteiger partial charge >= 0.3 is 0 Å². The standard InChI is InChI=1S/C16H22N2O/c1-11-5-7-14(13(17)9-11)18-10-16(3,4)15-8-6-12(2)19-15/h5-9,18H,10,17H2,1-4H3. The Bertz CT molecular complexity index is 570. The van der Waals surface area contributed by atoms with E-state index in [9.17, 15) is 0 Å². The highest BCUT2D eigenvalue weighted by Crippen LogP contribution is 2.27. The van der Waals surface area contributed by atoms with Gasteiger partial charge in [-0.05, 0) is 43.7 Å². The highest BCUT2D eigenvalue weighted by molar-refractivity contribution is 5.67. The average molecular weight is 258 g/mol. The summed E-state index contributed by atoms with van der Waals surface area (Å²) in [5.41, 5.74) is 8.86. The van der Waals surface area contributed by atoms with Crippen molar-refractivity contribution in [1.29, 1.82) is 0 Å². The van der Waals surface area contributed by atoms with Gasteiger partial charge in [0.25, 0.3) is 0 Å². The van der Waals surface area contributed by atoms with E-state index in [0.29, 0.717) is 0 Å². The molecule has 0 radical (unpaired) electrons. The van der Waals surface area contributed by atoms with Crippen LogP contribution in [-0.4, -0.2) is 6.54 Å². The van der Waals surface area contributed by atoms with E-state index < -0.39 is 0 Å². The molecule has 1 aromatic heterocycles. The molecule has 3 nitrogen and oxygen atoms in total. The first-order chi connectivity index (χ1) is 8.88. The highest BCUT2D eigenvalue weighted by atomic mass is 16.3. The van der Waals surface area contributed by atoms with Gasteiger partial charge in [0.2, 0.25) is 0 Å². The molecule has 1 aromatic carbocycles. The van der Waals surface area contributed by atoms with Crippen LogP contribution in [0.4, 0.5) is 11.4 Å². The second-order valence-corrected chi connectivity index (χ2v) is 5.74. The zero-order valence-electron chi connectivity index (χ0n) is 12.1. The Hall–Kier alpha value is -1.90. The summed E-state index contributed by atoms with van der Waals surface area (Å²) in [4.78, 5) is 0. The van der Waals surface area contributed by atoms with E-state index in [4.69, 9.17) is 10.2 Å². The van der Waals surface area contributed by atoms with Gasteiger partial charge < -0.3 is 15.5 Å². The van der Waals surface area contributed by atoms with Gasteiger partial charge in [-0.25, -0.2) is 0 Å². The lowest BCUT2D eigenvalue weighted by Gasteiger charge is -2.23. The van der Waals surface area contributed by atoms with Crippen molar-refractivity contribution >= 4 is 11.4 Å². The van der Waals surface area contributed by atoms with Crippen LogP contribution in [0.5, 0.6) is 0 Å². The largest absolute Gasteiger partial charge is 0.466 e. The minimum atomic E-state index is -0.0778. The molecule has 0 atom stereocenters. The van der Waals surface area contributed by atoms with Crippen molar-refractivity contribution in [2.75, 3.05) is 17.6 Å². The van der Waals surface area contributed by atoms with Crippen LogP contribution in [0.1, 0.15) is 30.9 Å². The summed E-state index contributed by atoms with van der Waals surface area (Å²) in [6.45, 7) is 9.08. The topological polar surface area (TPSA) is 51.2 Å². The molecule has 0 spiro atoms. The number of furan rings is 1. The van der Waals surface area contributed by atoms with Gasteiger partial charge in [-0.3, -0.25) is 0 Å². The van der Waals surface area contributed by atoms with Crippen LogP contribution in [0.2, 0.25) is 0 Å². The van der Waals surface area contributed by atoms with E-state index in [-0.39, 0.29) is 5.41 Å². The first-order valence-corrected chi connectivity index (χ1v) is 6.55. The maximum atomic E-state index is 6.01. The van der Waals surface area contributed by atoms with Gasteiger partial charge in [0.05, 0.1) is 11.4 Å². The Morgan fingerprint density at radius 1 is 1.16 bits per heavy atom. The Labute approximate surface area is 114 Å². The van der Waals surface area contributed by atoms with Crippen LogP contribution in [-0.2, 0) is 5.41 Å². The van der Waals surface area contributed by atoms with E-state index in [0.717, 1.165) is 29.4 Å². The summed E-state index contributed by atoms with van der Waals surface area (Å²) in [6.07, 6.45) is 0. The second-order valence-electron chi connectivity index (χ2n) is 5.74. The van der Waals surface area contributed by atoms with Gasteiger partial charge in [0, 0.05) is 12.0 Å². The number of anilines is 2. The number of rotatable bonds is 4. The van der Waals surface area contributed by atoms with Gasteiger partial charge in [0.15, 0.2) is 0 Å². The van der Waals surface area contributed by atoms with Crippen LogP contribution in [0.25, 0.3) is 0 Å². The maximum absolute atomic E-state index is 6.01. The lowest BCUT2D eigenvalue weighted by molar-refractivity contribution is 0.386. The third-order valence-electron chi connectivity index (χ3n) is 3.34. The third-order valence-corrected chi connectivity index (χ3v) is 3.34. The van der Waals surface area contributed by atoms with Gasteiger partial charge in [0.1, 0.15) is 11.5 Å². The van der Waals surface area contributed by atoms with Crippen molar-refractivity contribution in [3.8, 4) is 0 Å². The van der Waals surface area contributed by atoms with Crippen LogP contribution in [0, 0.1) is 13.8 Å². The van der Waals surface area contributed by atoms with Gasteiger partial charge in [-0.15, -0.1) is 0 Å². The molecule has 0 saturated carbocycles. The van der Waals surface area contributed by atoms with Crippen molar-refractivity contribution in [1.82, 2.24) is 0 Å². The fourth-order valence-electron chi connectivity index (χ4n) is 2.04. The number of aryl methyl sites for hydroxylation is 2. The lowest BCUT2D eigenvalue weighted by atomic mass is 9.90. The summed E-state index contributed by atoms with van der Waals surface area (Å²) in [5.74, 6) is 1.93. The Morgan fingerprint density at radius 2 is 1.89 bits per heavy atom. The Kier molecular flexibility index (Phi) is 3.56. The van der Waals surface area contributed by atoms with E-state index in [1.165, 1.54) is 5.56 Å². The molecule has 1 heterocycles. The lowest BCUT2D eigenvalue weighted by Crippen LogP contribution is -2.27. The monoisotopic (exact) mass is 258 g/mol. The molecular weight excluding hydrogens is 236 g/mol. The van der Waals surface area contributed by atoms with Crippen LogP contribution >= 0.6 is 0 Å². The molecule has 2 aromatic rings. The van der Waals surface area contributed by atoms with E-state index in [1.54, 1.807) is 0 Å². The minimum absolute atomic E-state index is 0.0778.